The summed E-state index contributed by atoms with van der Waals surface area (Å²) in [4.78, 5) is 0. The van der Waals surface area contributed by atoms with Gasteiger partial charge in [-0.05, 0) is 142 Å². The van der Waals surface area contributed by atoms with Gasteiger partial charge in [0.05, 0.1) is 116 Å². The largest absolute Gasteiger partial charge is 0.493 e. The number of sulfone groups is 4. The van der Waals surface area contributed by atoms with E-state index in [-0.39, 0.29) is 115 Å². The fourth-order valence-electron chi connectivity index (χ4n) is 13.2. The monoisotopic (exact) mass is 2140 g/mol. The zero-order chi connectivity index (χ0) is 99.2. The first-order valence-corrected chi connectivity index (χ1v) is 56.5. The standard InChI is InChI=1S/4C25H33Cl3O4S/c4*1-6-33(29,30)16-18(3)15-31-21-9-7-19(8-10-21)25(4,5)20-11-22(27)24(23(28)12-20)32-14-17(2)13-26/h4*7-12,17-18H,6,13-16H2,1-5H3/t2*17-,18+;17-,18-;/m100./s1. The minimum absolute atomic E-state index is 0.0801. The van der Waals surface area contributed by atoms with Gasteiger partial charge < -0.3 is 37.9 Å². The van der Waals surface area contributed by atoms with E-state index in [0.717, 1.165) is 44.5 Å². The predicted molar refractivity (Wildman–Crippen MR) is 558 cm³/mol. The van der Waals surface area contributed by atoms with E-state index in [4.69, 9.17) is 177 Å². The molecule has 2 unspecified atom stereocenters. The third-order valence-electron chi connectivity index (χ3n) is 22.3. The van der Waals surface area contributed by atoms with Crippen molar-refractivity contribution >= 4 is 179 Å². The van der Waals surface area contributed by atoms with E-state index in [1.807, 2.05) is 201 Å². The number of ether oxygens (including phenoxy) is 8. The van der Waals surface area contributed by atoms with Gasteiger partial charge in [0.15, 0.2) is 23.0 Å². The Bertz CT molecular complexity index is 4660. The number of hydrogen-bond acceptors (Lipinski definition) is 16. The van der Waals surface area contributed by atoms with Crippen LogP contribution in [0, 0.1) is 47.3 Å². The van der Waals surface area contributed by atoms with Crippen molar-refractivity contribution < 1.29 is 71.6 Å². The van der Waals surface area contributed by atoms with E-state index >= 15 is 0 Å². The van der Waals surface area contributed by atoms with Crippen molar-refractivity contribution in [2.24, 2.45) is 47.3 Å². The van der Waals surface area contributed by atoms with Gasteiger partial charge in [-0.2, -0.15) is 0 Å². The Labute approximate surface area is 848 Å². The van der Waals surface area contributed by atoms with Gasteiger partial charge in [-0.15, -0.1) is 46.4 Å². The Morgan fingerprint density at radius 1 is 0.227 bits per heavy atom. The van der Waals surface area contributed by atoms with E-state index in [1.54, 1.807) is 27.7 Å². The second kappa shape index (κ2) is 54.3. The molecule has 8 atom stereocenters. The maximum atomic E-state index is 11.8. The molecule has 0 heterocycles. The van der Waals surface area contributed by atoms with Crippen molar-refractivity contribution in [3.8, 4) is 46.0 Å². The third kappa shape index (κ3) is 37.6. The number of hydrogen-bond donors (Lipinski definition) is 0. The topological polar surface area (TPSA) is 210 Å². The molecule has 132 heavy (non-hydrogen) atoms. The fraction of sp³-hybridized carbons (Fsp3) is 0.520. The normalized spacial score (nSPS) is 14.1. The molecule has 16 nitrogen and oxygen atoms in total. The lowest BCUT2D eigenvalue weighted by atomic mass is 9.78. The lowest BCUT2D eigenvalue weighted by Crippen LogP contribution is -2.21. The van der Waals surface area contributed by atoms with Crippen LogP contribution in [0.25, 0.3) is 0 Å². The van der Waals surface area contributed by atoms with E-state index in [9.17, 15) is 33.7 Å². The fourth-order valence-corrected chi connectivity index (χ4v) is 20.7. The molecule has 0 N–H and O–H groups in total. The van der Waals surface area contributed by atoms with Crippen LogP contribution in [0.15, 0.2) is 146 Å². The molecule has 0 fully saturated rings. The van der Waals surface area contributed by atoms with Gasteiger partial charge in [-0.3, -0.25) is 0 Å². The summed E-state index contributed by atoms with van der Waals surface area (Å²) in [5, 5.41) is 3.69. The minimum atomic E-state index is -3.02. The summed E-state index contributed by atoms with van der Waals surface area (Å²) in [7, 11) is -12.1. The first kappa shape index (κ1) is 118. The Morgan fingerprint density at radius 3 is 0.492 bits per heavy atom. The Hall–Kier alpha value is -4.56. The summed E-state index contributed by atoms with van der Waals surface area (Å²) in [5.41, 5.74) is 6.63. The van der Waals surface area contributed by atoms with Crippen molar-refractivity contribution in [2.75, 3.05) is 122 Å². The van der Waals surface area contributed by atoms with Crippen LogP contribution in [0.1, 0.15) is 183 Å². The van der Waals surface area contributed by atoms with Gasteiger partial charge in [0.25, 0.3) is 0 Å². The SMILES string of the molecule is CCS(=O)(=O)CC(C)COc1ccc(C(C)(C)c2cc(Cl)c(OCC(C)CCl)c(Cl)c2)cc1.CCS(=O)(=O)C[C@@H](C)COc1ccc(C(C)(C)c2cc(Cl)c(OC[C@@H](C)CCl)c(Cl)c2)cc1.CCS(=O)(=O)C[C@@H](C)COc1ccc(C(C)(C)c2cc(Cl)c(OC[C@H](C)CCl)c(Cl)c2)cc1.CCS(=O)(=O)C[C@H](C)COc1ccc(C(C)(C)c2cc(Cl)c(OC[C@@H](C)CCl)c(Cl)c2)cc1. The summed E-state index contributed by atoms with van der Waals surface area (Å²) < 4.78 is 141. The highest BCUT2D eigenvalue weighted by molar-refractivity contribution is 7.92. The lowest BCUT2D eigenvalue weighted by molar-refractivity contribution is 0.271. The van der Waals surface area contributed by atoms with Gasteiger partial charge in [-0.1, -0.05) is 280 Å². The third-order valence-corrected chi connectivity index (χ3v) is 34.5. The number of alkyl halides is 4. The van der Waals surface area contributed by atoms with Gasteiger partial charge in [0.2, 0.25) is 0 Å². The average Bonchev–Trinajstić information content (AvgIpc) is 0.797. The van der Waals surface area contributed by atoms with Crippen LogP contribution in [-0.4, -0.2) is 156 Å². The molecule has 0 aliphatic carbocycles. The maximum Gasteiger partial charge on any atom is 0.156 e. The Morgan fingerprint density at radius 2 is 0.364 bits per heavy atom. The number of rotatable bonds is 48. The summed E-state index contributed by atoms with van der Waals surface area (Å²) in [6.45, 7) is 42.0. The summed E-state index contributed by atoms with van der Waals surface area (Å²) in [5.74, 6) is 8.19. The molecule has 8 rings (SSSR count). The van der Waals surface area contributed by atoms with Crippen molar-refractivity contribution in [3.63, 3.8) is 0 Å². The molecule has 0 spiro atoms. The highest BCUT2D eigenvalue weighted by Crippen LogP contribution is 2.47. The van der Waals surface area contributed by atoms with Gasteiger partial charge >= 0.3 is 0 Å². The van der Waals surface area contributed by atoms with Crippen molar-refractivity contribution in [3.05, 3.63) is 230 Å². The molecular weight excluding hydrogens is 2010 g/mol. The lowest BCUT2D eigenvalue weighted by Gasteiger charge is -2.27. The molecule has 32 heteroatoms. The average molecular weight is 2140 g/mol. The first-order chi connectivity index (χ1) is 61.6. The van der Waals surface area contributed by atoms with E-state index in [0.29, 0.717) is 163 Å². The molecule has 0 saturated heterocycles. The van der Waals surface area contributed by atoms with E-state index < -0.39 is 39.3 Å². The summed E-state index contributed by atoms with van der Waals surface area (Å²) in [6.07, 6.45) is 0. The van der Waals surface area contributed by atoms with Crippen LogP contribution in [0.3, 0.4) is 0 Å². The molecule has 0 aliphatic rings. The Balaban J connectivity index is 0.000000311. The highest BCUT2D eigenvalue weighted by Gasteiger charge is 2.32. The zero-order valence-electron chi connectivity index (χ0n) is 79.3. The van der Waals surface area contributed by atoms with Crippen molar-refractivity contribution in [1.29, 1.82) is 0 Å². The molecule has 8 aromatic carbocycles. The van der Waals surface area contributed by atoms with E-state index in [2.05, 4.69) is 55.4 Å². The molecular formula is C100H132Cl12O16S4. The molecule has 0 amide bonds. The molecule has 8 aromatic rings. The second-order valence-electron chi connectivity index (χ2n) is 36.4. The smallest absolute Gasteiger partial charge is 0.156 e. The highest BCUT2D eigenvalue weighted by atomic mass is 35.5. The molecule has 0 saturated carbocycles. The molecule has 0 aliphatic heterocycles. The predicted octanol–water partition coefficient (Wildman–Crippen LogP) is 28.1. The quantitative estimate of drug-likeness (QED) is 0.0325. The van der Waals surface area contributed by atoms with Crippen molar-refractivity contribution in [1.82, 2.24) is 0 Å². The molecule has 0 bridgehead atoms. The van der Waals surface area contributed by atoms with Gasteiger partial charge in [0, 0.05) is 116 Å². The van der Waals surface area contributed by atoms with Crippen LogP contribution in [0.2, 0.25) is 40.2 Å². The zero-order valence-corrected chi connectivity index (χ0v) is 91.7. The van der Waals surface area contributed by atoms with Crippen LogP contribution < -0.4 is 37.9 Å². The second-order valence-corrected chi connectivity index (χ2v) is 50.5. The molecule has 0 radical (unpaired) electrons. The van der Waals surface area contributed by atoms with E-state index in [1.165, 1.54) is 0 Å². The van der Waals surface area contributed by atoms with Gasteiger partial charge in [-0.25, -0.2) is 33.7 Å². The molecule has 0 aromatic heterocycles. The minimum Gasteiger partial charge on any atom is -0.493 e. The first-order valence-electron chi connectivity index (χ1n) is 44.0. The van der Waals surface area contributed by atoms with Crippen molar-refractivity contribution in [2.45, 2.75) is 160 Å². The van der Waals surface area contributed by atoms with Crippen LogP contribution >= 0.6 is 139 Å². The number of benzene rings is 8. The maximum absolute atomic E-state index is 11.8. The van der Waals surface area contributed by atoms with Crippen LogP contribution in [0.4, 0.5) is 0 Å². The Kier molecular flexibility index (Phi) is 48.5. The molecule has 736 valence electrons. The number of halogens is 12. The van der Waals surface area contributed by atoms with Gasteiger partial charge in [0.1, 0.15) is 62.3 Å². The summed E-state index contributed by atoms with van der Waals surface area (Å²) in [6, 6.07) is 46.2. The van der Waals surface area contributed by atoms with Crippen LogP contribution in [0.5, 0.6) is 46.0 Å². The summed E-state index contributed by atoms with van der Waals surface area (Å²) >= 11 is 75.4. The van der Waals surface area contributed by atoms with Crippen LogP contribution in [-0.2, 0) is 61.0 Å².